The molecule has 0 aliphatic heterocycles. The second-order valence-corrected chi connectivity index (χ2v) is 2.27. The molecular weight excluding hydrogens is 116 g/mol. The van der Waals surface area contributed by atoms with Crippen molar-refractivity contribution in [3.63, 3.8) is 0 Å². The van der Waals surface area contributed by atoms with Crippen LogP contribution in [0, 0.1) is 0 Å². The topological polar surface area (TPSA) is 29.5 Å². The van der Waals surface area contributed by atoms with E-state index >= 15 is 0 Å². The third kappa shape index (κ3) is 1.53. The molecular formula is C7H12O2. The Balaban J connectivity index is 2.44. The SMILES string of the molecule is COC1CCC=CC1O. The quantitative estimate of drug-likeness (QED) is 0.527. The summed E-state index contributed by atoms with van der Waals surface area (Å²) in [6, 6.07) is 0. The van der Waals surface area contributed by atoms with Gasteiger partial charge in [-0.25, -0.2) is 0 Å². The van der Waals surface area contributed by atoms with Gasteiger partial charge in [0.2, 0.25) is 0 Å². The number of hydrogen-bond donors (Lipinski definition) is 1. The summed E-state index contributed by atoms with van der Waals surface area (Å²) in [4.78, 5) is 0. The van der Waals surface area contributed by atoms with Crippen LogP contribution in [0.5, 0.6) is 0 Å². The van der Waals surface area contributed by atoms with Crippen molar-refractivity contribution in [2.24, 2.45) is 0 Å². The molecule has 0 bridgehead atoms. The monoisotopic (exact) mass is 128 g/mol. The molecule has 52 valence electrons. The van der Waals surface area contributed by atoms with Crippen molar-refractivity contribution < 1.29 is 9.84 Å². The van der Waals surface area contributed by atoms with Crippen molar-refractivity contribution in [3.05, 3.63) is 12.2 Å². The predicted octanol–water partition coefficient (Wildman–Crippen LogP) is 0.712. The van der Waals surface area contributed by atoms with Gasteiger partial charge in [-0.1, -0.05) is 12.2 Å². The van der Waals surface area contributed by atoms with Crippen molar-refractivity contribution in [3.8, 4) is 0 Å². The predicted molar refractivity (Wildman–Crippen MR) is 35.2 cm³/mol. The third-order valence-corrected chi connectivity index (χ3v) is 1.63. The second kappa shape index (κ2) is 2.99. The van der Waals surface area contributed by atoms with E-state index in [-0.39, 0.29) is 12.2 Å². The highest BCUT2D eigenvalue weighted by Crippen LogP contribution is 2.13. The Hall–Kier alpha value is -0.340. The van der Waals surface area contributed by atoms with Crippen molar-refractivity contribution in [1.29, 1.82) is 0 Å². The zero-order chi connectivity index (χ0) is 6.69. The summed E-state index contributed by atoms with van der Waals surface area (Å²) >= 11 is 0. The first-order valence-electron chi connectivity index (χ1n) is 3.22. The minimum Gasteiger partial charge on any atom is -0.386 e. The fourth-order valence-corrected chi connectivity index (χ4v) is 1.05. The maximum absolute atomic E-state index is 9.16. The molecule has 0 saturated carbocycles. The summed E-state index contributed by atoms with van der Waals surface area (Å²) in [5.41, 5.74) is 0. The normalized spacial score (nSPS) is 34.9. The maximum atomic E-state index is 9.16. The molecule has 0 saturated heterocycles. The Bertz CT molecular complexity index is 109. The molecule has 0 heterocycles. The lowest BCUT2D eigenvalue weighted by Gasteiger charge is -2.21. The Kier molecular flexibility index (Phi) is 2.25. The molecule has 9 heavy (non-hydrogen) atoms. The molecule has 0 aromatic rings. The number of allylic oxidation sites excluding steroid dienone is 1. The summed E-state index contributed by atoms with van der Waals surface area (Å²) in [7, 11) is 1.63. The van der Waals surface area contributed by atoms with Crippen molar-refractivity contribution in [2.75, 3.05) is 7.11 Å². The van der Waals surface area contributed by atoms with Gasteiger partial charge in [0.1, 0.15) is 0 Å². The molecule has 2 unspecified atom stereocenters. The molecule has 2 nitrogen and oxygen atoms in total. The molecule has 1 aliphatic carbocycles. The van der Waals surface area contributed by atoms with Gasteiger partial charge in [-0.3, -0.25) is 0 Å². The van der Waals surface area contributed by atoms with E-state index < -0.39 is 0 Å². The first-order chi connectivity index (χ1) is 4.34. The Morgan fingerprint density at radius 3 is 2.89 bits per heavy atom. The van der Waals surface area contributed by atoms with Crippen LogP contribution >= 0.6 is 0 Å². The van der Waals surface area contributed by atoms with E-state index in [1.54, 1.807) is 13.2 Å². The molecule has 0 radical (unpaired) electrons. The van der Waals surface area contributed by atoms with E-state index in [4.69, 9.17) is 9.84 Å². The van der Waals surface area contributed by atoms with Crippen LogP contribution < -0.4 is 0 Å². The van der Waals surface area contributed by atoms with Gasteiger partial charge in [0.05, 0.1) is 12.2 Å². The lowest BCUT2D eigenvalue weighted by molar-refractivity contribution is 0.00362. The van der Waals surface area contributed by atoms with Gasteiger partial charge < -0.3 is 9.84 Å². The van der Waals surface area contributed by atoms with E-state index in [1.807, 2.05) is 6.08 Å². The van der Waals surface area contributed by atoms with Gasteiger partial charge in [0.25, 0.3) is 0 Å². The number of hydrogen-bond acceptors (Lipinski definition) is 2. The van der Waals surface area contributed by atoms with Crippen molar-refractivity contribution in [1.82, 2.24) is 0 Å². The average Bonchev–Trinajstić information content (AvgIpc) is 1.89. The van der Waals surface area contributed by atoms with E-state index in [2.05, 4.69) is 0 Å². The van der Waals surface area contributed by atoms with E-state index in [1.165, 1.54) is 0 Å². The first-order valence-corrected chi connectivity index (χ1v) is 3.22. The minimum absolute atomic E-state index is 0.0231. The van der Waals surface area contributed by atoms with Crippen molar-refractivity contribution >= 4 is 0 Å². The summed E-state index contributed by atoms with van der Waals surface area (Å²) in [5, 5.41) is 9.16. The van der Waals surface area contributed by atoms with Gasteiger partial charge >= 0.3 is 0 Å². The molecule has 1 rings (SSSR count). The van der Waals surface area contributed by atoms with Gasteiger partial charge in [0.15, 0.2) is 0 Å². The van der Waals surface area contributed by atoms with E-state index in [0.29, 0.717) is 0 Å². The third-order valence-electron chi connectivity index (χ3n) is 1.63. The van der Waals surface area contributed by atoms with Crippen LogP contribution in [0.15, 0.2) is 12.2 Å². The van der Waals surface area contributed by atoms with Gasteiger partial charge in [-0.2, -0.15) is 0 Å². The molecule has 1 aliphatic rings. The van der Waals surface area contributed by atoms with Crippen LogP contribution in [-0.2, 0) is 4.74 Å². The van der Waals surface area contributed by atoms with Crippen LogP contribution in [0.3, 0.4) is 0 Å². The molecule has 0 amide bonds. The highest BCUT2D eigenvalue weighted by Gasteiger charge is 2.17. The lowest BCUT2D eigenvalue weighted by atomic mass is 10.0. The molecule has 0 fully saturated rings. The second-order valence-electron chi connectivity index (χ2n) is 2.27. The number of aliphatic hydroxyl groups is 1. The standard InChI is InChI=1S/C7H12O2/c1-9-7-5-3-2-4-6(7)8/h2,4,6-8H,3,5H2,1H3. The Labute approximate surface area is 55.1 Å². The summed E-state index contributed by atoms with van der Waals surface area (Å²) in [6.45, 7) is 0. The zero-order valence-corrected chi connectivity index (χ0v) is 5.58. The maximum Gasteiger partial charge on any atom is 0.0982 e. The zero-order valence-electron chi connectivity index (χ0n) is 5.58. The average molecular weight is 128 g/mol. The summed E-state index contributed by atoms with van der Waals surface area (Å²) in [6.07, 6.45) is 5.38. The number of methoxy groups -OCH3 is 1. The summed E-state index contributed by atoms with van der Waals surface area (Å²) in [5.74, 6) is 0. The highest BCUT2D eigenvalue weighted by molar-refractivity contribution is 4.98. The van der Waals surface area contributed by atoms with Gasteiger partial charge in [-0.05, 0) is 12.8 Å². The number of ether oxygens (including phenoxy) is 1. The molecule has 2 atom stereocenters. The number of aliphatic hydroxyl groups excluding tert-OH is 1. The van der Waals surface area contributed by atoms with E-state index in [0.717, 1.165) is 12.8 Å². The fraction of sp³-hybridized carbons (Fsp3) is 0.714. The van der Waals surface area contributed by atoms with E-state index in [9.17, 15) is 0 Å². The molecule has 1 N–H and O–H groups in total. The smallest absolute Gasteiger partial charge is 0.0982 e. The molecule has 0 spiro atoms. The van der Waals surface area contributed by atoms with Crippen LogP contribution in [0.25, 0.3) is 0 Å². The fourth-order valence-electron chi connectivity index (χ4n) is 1.05. The first kappa shape index (κ1) is 6.78. The highest BCUT2D eigenvalue weighted by atomic mass is 16.5. The van der Waals surface area contributed by atoms with Gasteiger partial charge in [0, 0.05) is 7.11 Å². The molecule has 0 aromatic heterocycles. The Morgan fingerprint density at radius 1 is 1.67 bits per heavy atom. The van der Waals surface area contributed by atoms with Crippen LogP contribution in [0.1, 0.15) is 12.8 Å². The largest absolute Gasteiger partial charge is 0.386 e. The molecule has 2 heteroatoms. The number of rotatable bonds is 1. The summed E-state index contributed by atoms with van der Waals surface area (Å²) < 4.78 is 5.00. The Morgan fingerprint density at radius 2 is 2.44 bits per heavy atom. The van der Waals surface area contributed by atoms with Crippen molar-refractivity contribution in [2.45, 2.75) is 25.0 Å². The van der Waals surface area contributed by atoms with Crippen LogP contribution in [-0.4, -0.2) is 24.4 Å². The van der Waals surface area contributed by atoms with Crippen LogP contribution in [0.2, 0.25) is 0 Å². The minimum atomic E-state index is -0.385. The van der Waals surface area contributed by atoms with Crippen LogP contribution in [0.4, 0.5) is 0 Å². The lowest BCUT2D eigenvalue weighted by Crippen LogP contribution is -2.27. The van der Waals surface area contributed by atoms with Gasteiger partial charge in [-0.15, -0.1) is 0 Å². The molecule has 0 aromatic carbocycles.